The minimum Gasteiger partial charge on any atom is -0.476 e. The average molecular weight is 393 g/mol. The lowest BCUT2D eigenvalue weighted by molar-refractivity contribution is -0.122. The Kier molecular flexibility index (Phi) is 5.43. The number of sulfonamides is 1. The van der Waals surface area contributed by atoms with Gasteiger partial charge in [0.15, 0.2) is 6.10 Å². The van der Waals surface area contributed by atoms with Crippen molar-refractivity contribution in [2.75, 3.05) is 28.2 Å². The summed E-state index contributed by atoms with van der Waals surface area (Å²) in [5, 5.41) is 2.81. The van der Waals surface area contributed by atoms with Crippen LogP contribution in [-0.4, -0.2) is 39.0 Å². The number of carbonyl (C=O) groups is 1. The fraction of sp³-hybridized carbons (Fsp3) is 0.278. The Hall–Kier alpha value is -2.19. The first-order valence-corrected chi connectivity index (χ1v) is 11.0. The molecular weight excluding hydrogens is 372 g/mol. The van der Waals surface area contributed by atoms with E-state index in [-0.39, 0.29) is 18.2 Å². The summed E-state index contributed by atoms with van der Waals surface area (Å²) in [6, 6.07) is 14.3. The minimum atomic E-state index is -3.51. The van der Waals surface area contributed by atoms with Crippen LogP contribution in [0.2, 0.25) is 0 Å². The summed E-state index contributed by atoms with van der Waals surface area (Å²) in [4.78, 5) is 13.7. The van der Waals surface area contributed by atoms with Crippen LogP contribution in [-0.2, 0) is 14.8 Å². The van der Waals surface area contributed by atoms with Crippen molar-refractivity contribution in [3.63, 3.8) is 0 Å². The monoisotopic (exact) mass is 392 g/mol. The predicted octanol–water partition coefficient (Wildman–Crippen LogP) is 2.96. The maximum atomic E-state index is 12.7. The molecule has 0 saturated heterocycles. The van der Waals surface area contributed by atoms with E-state index >= 15 is 0 Å². The van der Waals surface area contributed by atoms with Crippen molar-refractivity contribution in [2.45, 2.75) is 17.9 Å². The third-order valence-electron chi connectivity index (χ3n) is 4.07. The molecule has 1 aliphatic rings. The van der Waals surface area contributed by atoms with Crippen molar-refractivity contribution < 1.29 is 17.9 Å². The number of amides is 1. The van der Waals surface area contributed by atoms with E-state index in [1.165, 1.54) is 4.31 Å². The normalized spacial score (nSPS) is 16.5. The number of hydrogen-bond donors (Lipinski definition) is 1. The molecule has 8 heteroatoms. The van der Waals surface area contributed by atoms with Crippen LogP contribution >= 0.6 is 11.8 Å². The largest absolute Gasteiger partial charge is 0.476 e. The molecule has 0 unspecified atom stereocenters. The first-order chi connectivity index (χ1) is 12.4. The van der Waals surface area contributed by atoms with Gasteiger partial charge in [-0.2, -0.15) is 0 Å². The Morgan fingerprint density at radius 1 is 1.27 bits per heavy atom. The Bertz CT molecular complexity index is 915. The summed E-state index contributed by atoms with van der Waals surface area (Å²) in [6.07, 6.45) is 1.03. The lowest BCUT2D eigenvalue weighted by Crippen LogP contribution is -2.49. The number of fused-ring (bicyclic) bond motifs is 1. The SMILES string of the molecule is CCS(=O)(=O)N1C[C@H](C(=O)Nc2cccc(SC)c2)Oc2ccccc21. The van der Waals surface area contributed by atoms with Gasteiger partial charge < -0.3 is 10.1 Å². The summed E-state index contributed by atoms with van der Waals surface area (Å²) in [5.41, 5.74) is 1.11. The maximum absolute atomic E-state index is 12.7. The van der Waals surface area contributed by atoms with Gasteiger partial charge in [-0.15, -0.1) is 11.8 Å². The molecule has 0 bridgehead atoms. The number of nitrogens with one attached hydrogen (secondary N) is 1. The number of para-hydroxylation sites is 2. The van der Waals surface area contributed by atoms with Crippen LogP contribution < -0.4 is 14.4 Å². The van der Waals surface area contributed by atoms with E-state index in [0.717, 1.165) is 4.90 Å². The quantitative estimate of drug-likeness (QED) is 0.792. The standard InChI is InChI=1S/C18H20N2O4S2/c1-3-26(22,23)20-12-17(24-16-10-5-4-9-15(16)20)18(21)19-13-7-6-8-14(11-13)25-2/h4-11,17H,3,12H2,1-2H3,(H,19,21)/t17-/m1/s1. The molecule has 2 aromatic carbocycles. The van der Waals surface area contributed by atoms with Gasteiger partial charge in [0, 0.05) is 10.6 Å². The fourth-order valence-electron chi connectivity index (χ4n) is 2.68. The highest BCUT2D eigenvalue weighted by Gasteiger charge is 2.35. The van der Waals surface area contributed by atoms with E-state index in [2.05, 4.69) is 5.32 Å². The van der Waals surface area contributed by atoms with Crippen LogP contribution in [0, 0.1) is 0 Å². The van der Waals surface area contributed by atoms with Crippen molar-refractivity contribution in [2.24, 2.45) is 0 Å². The number of benzene rings is 2. The van der Waals surface area contributed by atoms with Crippen molar-refractivity contribution in [3.8, 4) is 5.75 Å². The molecule has 6 nitrogen and oxygen atoms in total. The summed E-state index contributed by atoms with van der Waals surface area (Å²) >= 11 is 1.57. The number of hydrogen-bond acceptors (Lipinski definition) is 5. The van der Waals surface area contributed by atoms with Crippen LogP contribution in [0.4, 0.5) is 11.4 Å². The fourth-order valence-corrected chi connectivity index (χ4v) is 4.27. The third-order valence-corrected chi connectivity index (χ3v) is 6.54. The minimum absolute atomic E-state index is 0.0502. The molecule has 1 aliphatic heterocycles. The predicted molar refractivity (Wildman–Crippen MR) is 105 cm³/mol. The van der Waals surface area contributed by atoms with Gasteiger partial charge in [-0.3, -0.25) is 9.10 Å². The molecule has 2 aromatic rings. The van der Waals surface area contributed by atoms with Gasteiger partial charge in [-0.1, -0.05) is 18.2 Å². The van der Waals surface area contributed by atoms with E-state index in [1.807, 2.05) is 24.5 Å². The molecule has 3 rings (SSSR count). The zero-order valence-electron chi connectivity index (χ0n) is 14.5. The smallest absolute Gasteiger partial charge is 0.267 e. The van der Waals surface area contributed by atoms with Crippen molar-refractivity contribution >= 4 is 39.1 Å². The van der Waals surface area contributed by atoms with Crippen molar-refractivity contribution in [1.82, 2.24) is 0 Å². The number of anilines is 2. The lowest BCUT2D eigenvalue weighted by atomic mass is 10.2. The third kappa shape index (κ3) is 3.81. The highest BCUT2D eigenvalue weighted by atomic mass is 32.2. The van der Waals surface area contributed by atoms with E-state index in [0.29, 0.717) is 17.1 Å². The average Bonchev–Trinajstić information content (AvgIpc) is 2.67. The number of thioether (sulfide) groups is 1. The molecule has 0 spiro atoms. The second-order valence-electron chi connectivity index (χ2n) is 5.73. The van der Waals surface area contributed by atoms with E-state index in [9.17, 15) is 13.2 Å². The molecule has 138 valence electrons. The van der Waals surface area contributed by atoms with Gasteiger partial charge >= 0.3 is 0 Å². The summed E-state index contributed by atoms with van der Waals surface area (Å²) < 4.78 is 32.0. The summed E-state index contributed by atoms with van der Waals surface area (Å²) in [6.45, 7) is 1.53. The number of ether oxygens (including phenoxy) is 1. The Balaban J connectivity index is 1.86. The molecule has 1 atom stereocenters. The molecule has 0 radical (unpaired) electrons. The second kappa shape index (κ2) is 7.59. The van der Waals surface area contributed by atoms with E-state index in [4.69, 9.17) is 4.74 Å². The first-order valence-electron chi connectivity index (χ1n) is 8.15. The Labute approximate surface area is 157 Å². The molecule has 26 heavy (non-hydrogen) atoms. The maximum Gasteiger partial charge on any atom is 0.267 e. The van der Waals surface area contributed by atoms with Gasteiger partial charge in [0.1, 0.15) is 5.75 Å². The zero-order valence-corrected chi connectivity index (χ0v) is 16.1. The molecule has 0 saturated carbocycles. The van der Waals surface area contributed by atoms with Gasteiger partial charge in [0.25, 0.3) is 5.91 Å². The number of nitrogens with zero attached hydrogens (tertiary/aromatic N) is 1. The van der Waals surface area contributed by atoms with Crippen molar-refractivity contribution in [1.29, 1.82) is 0 Å². The molecule has 1 heterocycles. The number of rotatable bonds is 5. The molecule has 1 amide bonds. The van der Waals surface area contributed by atoms with Gasteiger partial charge in [-0.05, 0) is 43.5 Å². The van der Waals surface area contributed by atoms with Crippen LogP contribution in [0.3, 0.4) is 0 Å². The van der Waals surface area contributed by atoms with Crippen molar-refractivity contribution in [3.05, 3.63) is 48.5 Å². The van der Waals surface area contributed by atoms with Gasteiger partial charge in [0.05, 0.1) is 18.0 Å². The van der Waals surface area contributed by atoms with Crippen LogP contribution in [0.15, 0.2) is 53.4 Å². The topological polar surface area (TPSA) is 75.7 Å². The molecular formula is C18H20N2O4S2. The zero-order chi connectivity index (χ0) is 18.7. The molecule has 0 fully saturated rings. The highest BCUT2D eigenvalue weighted by molar-refractivity contribution is 7.98. The molecule has 1 N–H and O–H groups in total. The van der Waals surface area contributed by atoms with Crippen LogP contribution in [0.25, 0.3) is 0 Å². The summed E-state index contributed by atoms with van der Waals surface area (Å²) in [5.74, 6) is -0.0475. The van der Waals surface area contributed by atoms with Crippen LogP contribution in [0.5, 0.6) is 5.75 Å². The van der Waals surface area contributed by atoms with Gasteiger partial charge in [-0.25, -0.2) is 8.42 Å². The van der Waals surface area contributed by atoms with E-state index in [1.54, 1.807) is 49.0 Å². The Morgan fingerprint density at radius 2 is 2.04 bits per heavy atom. The summed E-state index contributed by atoms with van der Waals surface area (Å²) in [7, 11) is -3.51. The van der Waals surface area contributed by atoms with E-state index < -0.39 is 16.1 Å². The van der Waals surface area contributed by atoms with Gasteiger partial charge in [0.2, 0.25) is 10.0 Å². The second-order valence-corrected chi connectivity index (χ2v) is 8.79. The Morgan fingerprint density at radius 3 is 2.77 bits per heavy atom. The molecule has 0 aromatic heterocycles. The first kappa shape index (κ1) is 18.6. The number of carbonyl (C=O) groups excluding carboxylic acids is 1. The highest BCUT2D eigenvalue weighted by Crippen LogP contribution is 2.35. The molecule has 0 aliphatic carbocycles. The lowest BCUT2D eigenvalue weighted by Gasteiger charge is -2.34. The van der Waals surface area contributed by atoms with Crippen LogP contribution in [0.1, 0.15) is 6.92 Å².